The highest BCUT2D eigenvalue weighted by Gasteiger charge is 2.17. The van der Waals surface area contributed by atoms with E-state index in [4.69, 9.17) is 0 Å². The fraction of sp³-hybridized carbons (Fsp3) is 0. The summed E-state index contributed by atoms with van der Waals surface area (Å²) in [5.41, 5.74) is 0.983. The first kappa shape index (κ1) is 15.8. The van der Waals surface area contributed by atoms with E-state index in [9.17, 15) is 18.5 Å². The van der Waals surface area contributed by atoms with Crippen LogP contribution in [-0.2, 0) is 10.0 Å². The van der Waals surface area contributed by atoms with Crippen molar-refractivity contribution in [2.24, 2.45) is 0 Å². The van der Waals surface area contributed by atoms with E-state index < -0.39 is 14.9 Å². The molecule has 0 fully saturated rings. The molecule has 24 heavy (non-hydrogen) atoms. The normalized spacial score (nSPS) is 11.2. The van der Waals surface area contributed by atoms with E-state index in [1.807, 2.05) is 29.1 Å². The zero-order valence-electron chi connectivity index (χ0n) is 12.4. The molecule has 3 aromatic rings. The molecule has 0 bridgehead atoms. The SMILES string of the molecule is O=[N+]([O-])c1cccc(S(=O)(=O)Nc2ccc(-n3cccc3)cc2)c1. The quantitative estimate of drug-likeness (QED) is 0.568. The lowest BCUT2D eigenvalue weighted by atomic mass is 10.3. The minimum Gasteiger partial charge on any atom is -0.324 e. The summed E-state index contributed by atoms with van der Waals surface area (Å²) in [7, 11) is -3.90. The van der Waals surface area contributed by atoms with Crippen molar-refractivity contribution in [3.8, 4) is 5.69 Å². The van der Waals surface area contributed by atoms with Gasteiger partial charge in [0.05, 0.1) is 9.82 Å². The molecule has 0 unspecified atom stereocenters. The minimum atomic E-state index is -3.90. The molecule has 0 aliphatic rings. The molecule has 0 radical (unpaired) electrons. The average Bonchev–Trinajstić information content (AvgIpc) is 3.10. The Bertz CT molecular complexity index is 965. The second-order valence-electron chi connectivity index (χ2n) is 5.00. The number of non-ortho nitro benzene ring substituents is 1. The summed E-state index contributed by atoms with van der Waals surface area (Å²) in [6.07, 6.45) is 3.75. The van der Waals surface area contributed by atoms with Crippen LogP contribution in [0.3, 0.4) is 0 Å². The number of nitro benzene ring substituents is 1. The van der Waals surface area contributed by atoms with Gasteiger partial charge in [-0.15, -0.1) is 0 Å². The molecule has 1 N–H and O–H groups in total. The lowest BCUT2D eigenvalue weighted by Crippen LogP contribution is -2.13. The molecule has 1 aromatic heterocycles. The zero-order chi connectivity index (χ0) is 17.2. The van der Waals surface area contributed by atoms with Gasteiger partial charge in [0, 0.05) is 35.9 Å². The zero-order valence-corrected chi connectivity index (χ0v) is 13.2. The van der Waals surface area contributed by atoms with Gasteiger partial charge in [0.2, 0.25) is 0 Å². The van der Waals surface area contributed by atoms with Crippen LogP contribution in [0.5, 0.6) is 0 Å². The summed E-state index contributed by atoms with van der Waals surface area (Å²) in [5, 5.41) is 10.8. The first-order chi connectivity index (χ1) is 11.5. The maximum absolute atomic E-state index is 12.4. The first-order valence-corrected chi connectivity index (χ1v) is 8.45. The van der Waals surface area contributed by atoms with Crippen LogP contribution in [0, 0.1) is 10.1 Å². The molecule has 2 aromatic carbocycles. The third kappa shape index (κ3) is 3.28. The van der Waals surface area contributed by atoms with Crippen LogP contribution in [0.2, 0.25) is 0 Å². The van der Waals surface area contributed by atoms with Crippen LogP contribution in [0.15, 0.2) is 78.0 Å². The van der Waals surface area contributed by atoms with E-state index in [0.29, 0.717) is 5.69 Å². The predicted octanol–water partition coefficient (Wildman–Crippen LogP) is 3.19. The highest BCUT2D eigenvalue weighted by atomic mass is 32.2. The Morgan fingerprint density at radius 1 is 0.958 bits per heavy atom. The van der Waals surface area contributed by atoms with Gasteiger partial charge in [0.25, 0.3) is 15.7 Å². The Hall–Kier alpha value is -3.13. The molecule has 7 nitrogen and oxygen atoms in total. The molecule has 0 spiro atoms. The number of nitro groups is 1. The highest BCUT2D eigenvalue weighted by Crippen LogP contribution is 2.21. The third-order valence-corrected chi connectivity index (χ3v) is 4.74. The number of rotatable bonds is 5. The number of hydrogen-bond donors (Lipinski definition) is 1. The Balaban J connectivity index is 1.84. The van der Waals surface area contributed by atoms with Gasteiger partial charge in [0.1, 0.15) is 0 Å². The van der Waals surface area contributed by atoms with E-state index >= 15 is 0 Å². The molecule has 0 aliphatic heterocycles. The van der Waals surface area contributed by atoms with Crippen molar-refractivity contribution < 1.29 is 13.3 Å². The molecular formula is C16H13N3O4S. The summed E-state index contributed by atoms with van der Waals surface area (Å²) in [6.45, 7) is 0. The third-order valence-electron chi connectivity index (χ3n) is 3.36. The monoisotopic (exact) mass is 343 g/mol. The number of hydrogen-bond acceptors (Lipinski definition) is 4. The molecule has 1 heterocycles. The van der Waals surface area contributed by atoms with Crippen molar-refractivity contribution in [1.82, 2.24) is 4.57 Å². The first-order valence-electron chi connectivity index (χ1n) is 6.96. The Kier molecular flexibility index (Phi) is 4.05. The van der Waals surface area contributed by atoms with Gasteiger partial charge >= 0.3 is 0 Å². The Labute approximate surface area is 138 Å². The summed E-state index contributed by atoms with van der Waals surface area (Å²) in [4.78, 5) is 9.98. The average molecular weight is 343 g/mol. The molecule has 3 rings (SSSR count). The largest absolute Gasteiger partial charge is 0.324 e. The van der Waals surface area contributed by atoms with Crippen molar-refractivity contribution in [3.63, 3.8) is 0 Å². The molecule has 122 valence electrons. The van der Waals surface area contributed by atoms with E-state index in [0.717, 1.165) is 11.8 Å². The number of nitrogens with zero attached hydrogens (tertiary/aromatic N) is 2. The van der Waals surface area contributed by atoms with Gasteiger partial charge < -0.3 is 4.57 Å². The van der Waals surface area contributed by atoms with Gasteiger partial charge in [-0.2, -0.15) is 0 Å². The second-order valence-corrected chi connectivity index (χ2v) is 6.68. The summed E-state index contributed by atoms with van der Waals surface area (Å²) >= 11 is 0. The van der Waals surface area contributed by atoms with Crippen molar-refractivity contribution in [3.05, 3.63) is 83.2 Å². The van der Waals surface area contributed by atoms with Crippen LogP contribution in [0.25, 0.3) is 5.69 Å². The van der Waals surface area contributed by atoms with Gasteiger partial charge in [-0.1, -0.05) is 6.07 Å². The maximum Gasteiger partial charge on any atom is 0.270 e. The van der Waals surface area contributed by atoms with Crippen molar-refractivity contribution in [2.45, 2.75) is 4.90 Å². The lowest BCUT2D eigenvalue weighted by Gasteiger charge is -2.09. The minimum absolute atomic E-state index is 0.161. The van der Waals surface area contributed by atoms with E-state index in [1.165, 1.54) is 18.2 Å². The molecule has 0 saturated carbocycles. The molecule has 0 aliphatic carbocycles. The highest BCUT2D eigenvalue weighted by molar-refractivity contribution is 7.92. The molecule has 8 heteroatoms. The van der Waals surface area contributed by atoms with Crippen LogP contribution < -0.4 is 4.72 Å². The summed E-state index contributed by atoms with van der Waals surface area (Å²) in [5.74, 6) is 0. The van der Waals surface area contributed by atoms with E-state index in [1.54, 1.807) is 24.3 Å². The molecule has 0 saturated heterocycles. The lowest BCUT2D eigenvalue weighted by molar-refractivity contribution is -0.385. The summed E-state index contributed by atoms with van der Waals surface area (Å²) in [6, 6.07) is 15.5. The molecule has 0 atom stereocenters. The molecule has 0 amide bonds. The van der Waals surface area contributed by atoms with E-state index in [-0.39, 0.29) is 10.6 Å². The second kappa shape index (κ2) is 6.17. The number of anilines is 1. The number of sulfonamides is 1. The van der Waals surface area contributed by atoms with Gasteiger partial charge in [0.15, 0.2) is 0 Å². The number of benzene rings is 2. The van der Waals surface area contributed by atoms with Crippen LogP contribution in [-0.4, -0.2) is 17.9 Å². The van der Waals surface area contributed by atoms with Gasteiger partial charge in [-0.05, 0) is 42.5 Å². The van der Waals surface area contributed by atoms with Gasteiger partial charge in [-0.3, -0.25) is 14.8 Å². The van der Waals surface area contributed by atoms with Crippen molar-refractivity contribution in [2.75, 3.05) is 4.72 Å². The molecular weight excluding hydrogens is 330 g/mol. The maximum atomic E-state index is 12.4. The Morgan fingerprint density at radius 2 is 1.62 bits per heavy atom. The standard InChI is InChI=1S/C16H13N3O4S/c20-19(21)15-4-3-5-16(12-15)24(22,23)17-13-6-8-14(9-7-13)18-10-1-2-11-18/h1-12,17H. The summed E-state index contributed by atoms with van der Waals surface area (Å²) < 4.78 is 29.0. The van der Waals surface area contributed by atoms with Crippen LogP contribution in [0.4, 0.5) is 11.4 Å². The van der Waals surface area contributed by atoms with E-state index in [2.05, 4.69) is 4.72 Å². The van der Waals surface area contributed by atoms with Crippen molar-refractivity contribution in [1.29, 1.82) is 0 Å². The number of nitrogens with one attached hydrogen (secondary N) is 1. The van der Waals surface area contributed by atoms with Crippen molar-refractivity contribution >= 4 is 21.4 Å². The Morgan fingerprint density at radius 3 is 2.25 bits per heavy atom. The predicted molar refractivity (Wildman–Crippen MR) is 89.7 cm³/mol. The smallest absolute Gasteiger partial charge is 0.270 e. The van der Waals surface area contributed by atoms with Gasteiger partial charge in [-0.25, -0.2) is 8.42 Å². The topological polar surface area (TPSA) is 94.2 Å². The fourth-order valence-electron chi connectivity index (χ4n) is 2.19. The number of aromatic nitrogens is 1. The van der Waals surface area contributed by atoms with Crippen LogP contribution >= 0.6 is 0 Å². The van der Waals surface area contributed by atoms with Crippen LogP contribution in [0.1, 0.15) is 0 Å². The fourth-order valence-corrected chi connectivity index (χ4v) is 3.28.